The molecule has 0 amide bonds. The highest BCUT2D eigenvalue weighted by molar-refractivity contribution is 7.09. The molecule has 0 radical (unpaired) electrons. The van der Waals surface area contributed by atoms with E-state index in [2.05, 4.69) is 54.6 Å². The molecule has 0 bridgehead atoms. The van der Waals surface area contributed by atoms with E-state index in [0.29, 0.717) is 6.54 Å². The second kappa shape index (κ2) is 5.34. The van der Waals surface area contributed by atoms with E-state index >= 15 is 0 Å². The molecule has 0 spiro atoms. The summed E-state index contributed by atoms with van der Waals surface area (Å²) in [6.07, 6.45) is 0. The molecule has 0 aliphatic rings. The van der Waals surface area contributed by atoms with Gasteiger partial charge in [0, 0.05) is 24.2 Å². The lowest BCUT2D eigenvalue weighted by molar-refractivity contribution is 0.916. The number of benzene rings is 1. The van der Waals surface area contributed by atoms with Crippen LogP contribution >= 0.6 is 11.3 Å². The lowest BCUT2D eigenvalue weighted by Crippen LogP contribution is -2.18. The summed E-state index contributed by atoms with van der Waals surface area (Å²) in [6, 6.07) is 10.7. The number of rotatable bonds is 4. The monoisotopic (exact) mass is 246 g/mol. The smallest absolute Gasteiger partial charge is 0.0519 e. The van der Waals surface area contributed by atoms with Gasteiger partial charge in [-0.2, -0.15) is 0 Å². The van der Waals surface area contributed by atoms with Gasteiger partial charge in [0.15, 0.2) is 0 Å². The normalized spacial score (nSPS) is 10.5. The highest BCUT2D eigenvalue weighted by Gasteiger charge is 2.07. The zero-order valence-corrected chi connectivity index (χ0v) is 11.1. The number of hydrogen-bond donors (Lipinski definition) is 1. The average Bonchev–Trinajstić information content (AvgIpc) is 2.81. The standard InChI is InChI=1S/C14H18N2S/c1-11-5-6-12(9-15)14(8-11)16(2)10-13-4-3-7-17-13/h3-8H,9-10,15H2,1-2H3. The maximum absolute atomic E-state index is 5.79. The third-order valence-electron chi connectivity index (χ3n) is 2.85. The third-order valence-corrected chi connectivity index (χ3v) is 3.71. The Morgan fingerprint density at radius 2 is 2.12 bits per heavy atom. The van der Waals surface area contributed by atoms with Crippen LogP contribution in [0.2, 0.25) is 0 Å². The van der Waals surface area contributed by atoms with Gasteiger partial charge in [0.2, 0.25) is 0 Å². The molecular formula is C14H18N2S. The molecule has 1 heterocycles. The van der Waals surface area contributed by atoms with E-state index in [-0.39, 0.29) is 0 Å². The van der Waals surface area contributed by atoms with Crippen LogP contribution in [0.1, 0.15) is 16.0 Å². The summed E-state index contributed by atoms with van der Waals surface area (Å²) in [7, 11) is 2.12. The Morgan fingerprint density at radius 1 is 1.29 bits per heavy atom. The Bertz CT molecular complexity index is 477. The first kappa shape index (κ1) is 12.1. The Kier molecular flexibility index (Phi) is 3.82. The topological polar surface area (TPSA) is 29.3 Å². The zero-order chi connectivity index (χ0) is 12.3. The van der Waals surface area contributed by atoms with Crippen molar-refractivity contribution in [2.75, 3.05) is 11.9 Å². The molecule has 2 N–H and O–H groups in total. The molecule has 1 aromatic heterocycles. The average molecular weight is 246 g/mol. The van der Waals surface area contributed by atoms with Crippen molar-refractivity contribution in [1.82, 2.24) is 0 Å². The van der Waals surface area contributed by atoms with Crippen molar-refractivity contribution in [3.05, 3.63) is 51.7 Å². The van der Waals surface area contributed by atoms with Crippen molar-refractivity contribution in [1.29, 1.82) is 0 Å². The molecule has 0 saturated heterocycles. The van der Waals surface area contributed by atoms with Gasteiger partial charge >= 0.3 is 0 Å². The highest BCUT2D eigenvalue weighted by Crippen LogP contribution is 2.23. The summed E-state index contributed by atoms with van der Waals surface area (Å²) in [5.41, 5.74) is 9.50. The van der Waals surface area contributed by atoms with Crippen molar-refractivity contribution in [3.63, 3.8) is 0 Å². The van der Waals surface area contributed by atoms with Crippen molar-refractivity contribution in [3.8, 4) is 0 Å². The third kappa shape index (κ3) is 2.87. The van der Waals surface area contributed by atoms with Gasteiger partial charge < -0.3 is 10.6 Å². The minimum absolute atomic E-state index is 0.588. The predicted octanol–water partition coefficient (Wildman–Crippen LogP) is 3.15. The van der Waals surface area contributed by atoms with Gasteiger partial charge in [0.25, 0.3) is 0 Å². The van der Waals surface area contributed by atoms with Gasteiger partial charge in [-0.1, -0.05) is 18.2 Å². The zero-order valence-electron chi connectivity index (χ0n) is 10.3. The van der Waals surface area contributed by atoms with E-state index in [9.17, 15) is 0 Å². The van der Waals surface area contributed by atoms with Crippen LogP contribution in [-0.2, 0) is 13.1 Å². The number of thiophene rings is 1. The van der Waals surface area contributed by atoms with Crippen molar-refractivity contribution >= 4 is 17.0 Å². The molecule has 0 fully saturated rings. The Morgan fingerprint density at radius 3 is 2.76 bits per heavy atom. The van der Waals surface area contributed by atoms with E-state index < -0.39 is 0 Å². The first-order valence-corrected chi connectivity index (χ1v) is 6.62. The largest absolute Gasteiger partial charge is 0.369 e. The van der Waals surface area contributed by atoms with Crippen LogP contribution in [0.15, 0.2) is 35.7 Å². The lowest BCUT2D eigenvalue weighted by Gasteiger charge is -2.22. The van der Waals surface area contributed by atoms with Gasteiger partial charge in [0.1, 0.15) is 0 Å². The Labute approximate surface area is 107 Å². The summed E-state index contributed by atoms with van der Waals surface area (Å²) in [5.74, 6) is 0. The minimum atomic E-state index is 0.588. The van der Waals surface area contributed by atoms with Crippen LogP contribution in [0.3, 0.4) is 0 Å². The summed E-state index contributed by atoms with van der Waals surface area (Å²) in [5, 5.41) is 2.11. The van der Waals surface area contributed by atoms with Crippen LogP contribution in [0, 0.1) is 6.92 Å². The molecule has 2 aromatic rings. The second-order valence-corrected chi connectivity index (χ2v) is 5.30. The van der Waals surface area contributed by atoms with Gasteiger partial charge in [0.05, 0.1) is 6.54 Å². The van der Waals surface area contributed by atoms with Crippen molar-refractivity contribution < 1.29 is 0 Å². The number of nitrogens with two attached hydrogens (primary N) is 1. The van der Waals surface area contributed by atoms with E-state index in [4.69, 9.17) is 5.73 Å². The lowest BCUT2D eigenvalue weighted by atomic mass is 10.1. The van der Waals surface area contributed by atoms with Crippen LogP contribution in [0.25, 0.3) is 0 Å². The summed E-state index contributed by atoms with van der Waals surface area (Å²) >= 11 is 1.79. The van der Waals surface area contributed by atoms with Gasteiger partial charge in [-0.05, 0) is 35.6 Å². The molecule has 0 aliphatic carbocycles. The molecule has 3 heteroatoms. The van der Waals surface area contributed by atoms with Gasteiger partial charge in [-0.25, -0.2) is 0 Å². The predicted molar refractivity (Wildman–Crippen MR) is 75.5 cm³/mol. The van der Waals surface area contributed by atoms with Crippen LogP contribution in [0.4, 0.5) is 5.69 Å². The number of anilines is 1. The maximum Gasteiger partial charge on any atom is 0.0519 e. The van der Waals surface area contributed by atoms with E-state index in [1.54, 1.807) is 11.3 Å². The molecule has 0 saturated carbocycles. The summed E-state index contributed by atoms with van der Waals surface area (Å²) in [6.45, 7) is 3.64. The van der Waals surface area contributed by atoms with Crippen molar-refractivity contribution in [2.45, 2.75) is 20.0 Å². The molecule has 2 nitrogen and oxygen atoms in total. The second-order valence-electron chi connectivity index (χ2n) is 4.27. The van der Waals surface area contributed by atoms with Crippen molar-refractivity contribution in [2.24, 2.45) is 5.73 Å². The molecular weight excluding hydrogens is 228 g/mol. The van der Waals surface area contributed by atoms with Crippen LogP contribution in [-0.4, -0.2) is 7.05 Å². The SMILES string of the molecule is Cc1ccc(CN)c(N(C)Cc2cccs2)c1. The fraction of sp³-hybridized carbons (Fsp3) is 0.286. The van der Waals surface area contributed by atoms with Crippen LogP contribution < -0.4 is 10.6 Å². The summed E-state index contributed by atoms with van der Waals surface area (Å²) in [4.78, 5) is 3.64. The fourth-order valence-electron chi connectivity index (χ4n) is 1.92. The van der Waals surface area contributed by atoms with Gasteiger partial charge in [-0.3, -0.25) is 0 Å². The Hall–Kier alpha value is -1.32. The molecule has 17 heavy (non-hydrogen) atoms. The summed E-state index contributed by atoms with van der Waals surface area (Å²) < 4.78 is 0. The van der Waals surface area contributed by atoms with E-state index in [0.717, 1.165) is 6.54 Å². The maximum atomic E-state index is 5.79. The first-order chi connectivity index (χ1) is 8.20. The quantitative estimate of drug-likeness (QED) is 0.898. The van der Waals surface area contributed by atoms with Gasteiger partial charge in [-0.15, -0.1) is 11.3 Å². The molecule has 0 atom stereocenters. The number of hydrogen-bond acceptors (Lipinski definition) is 3. The molecule has 0 aliphatic heterocycles. The Balaban J connectivity index is 2.23. The first-order valence-electron chi connectivity index (χ1n) is 5.74. The van der Waals surface area contributed by atoms with E-state index in [1.165, 1.54) is 21.7 Å². The molecule has 90 valence electrons. The molecule has 2 rings (SSSR count). The minimum Gasteiger partial charge on any atom is -0.369 e. The molecule has 1 aromatic carbocycles. The van der Waals surface area contributed by atoms with E-state index in [1.807, 2.05) is 0 Å². The molecule has 0 unspecified atom stereocenters. The number of nitrogens with zero attached hydrogens (tertiary/aromatic N) is 1. The van der Waals surface area contributed by atoms with Crippen LogP contribution in [0.5, 0.6) is 0 Å². The number of aryl methyl sites for hydroxylation is 1. The fourth-order valence-corrected chi connectivity index (χ4v) is 2.68. The highest BCUT2D eigenvalue weighted by atomic mass is 32.1.